The van der Waals surface area contributed by atoms with E-state index in [-0.39, 0.29) is 11.5 Å². The fraction of sp³-hybridized carbons (Fsp3) is 0.200. The molecule has 1 saturated heterocycles. The molecule has 5 nitrogen and oxygen atoms in total. The maximum absolute atomic E-state index is 12.7. The van der Waals surface area contributed by atoms with Gasteiger partial charge in [0.2, 0.25) is 5.91 Å². The summed E-state index contributed by atoms with van der Waals surface area (Å²) in [6.45, 7) is 3.77. The third-order valence-corrected chi connectivity index (χ3v) is 5.52. The summed E-state index contributed by atoms with van der Waals surface area (Å²) in [5, 5.41) is 14.5. The summed E-state index contributed by atoms with van der Waals surface area (Å²) in [4.78, 5) is 26.5. The van der Waals surface area contributed by atoms with Crippen LogP contribution in [0.1, 0.15) is 35.7 Å². The predicted molar refractivity (Wildman–Crippen MR) is 121 cm³/mol. The van der Waals surface area contributed by atoms with E-state index in [9.17, 15) is 14.7 Å². The van der Waals surface area contributed by atoms with Gasteiger partial charge in [0, 0.05) is 24.9 Å². The first-order valence-electron chi connectivity index (χ1n) is 10.1. The van der Waals surface area contributed by atoms with E-state index in [2.05, 4.69) is 10.2 Å². The van der Waals surface area contributed by atoms with Gasteiger partial charge in [-0.3, -0.25) is 4.79 Å². The molecule has 1 aliphatic heterocycles. The van der Waals surface area contributed by atoms with E-state index < -0.39 is 5.97 Å². The van der Waals surface area contributed by atoms with Crippen LogP contribution in [-0.2, 0) is 4.79 Å². The smallest absolute Gasteiger partial charge is 0.337 e. The number of rotatable bonds is 5. The van der Waals surface area contributed by atoms with Crippen molar-refractivity contribution < 1.29 is 14.7 Å². The molecule has 0 unspecified atom stereocenters. The number of hydrogen-bond donors (Lipinski definition) is 2. The molecule has 0 aliphatic carbocycles. The summed E-state index contributed by atoms with van der Waals surface area (Å²) in [7, 11) is 0. The standard InChI is InChI=1S/C25H24N2O3/c1-17(19-9-8-18-6-2-3-7-20(18)15-19)14-24(28)26-23-16-21(27-12-4-5-13-27)10-11-22(23)25(29)30/h2-3,6-11,14-16H,4-5,12-13H2,1H3,(H,26,28)(H,29,30). The molecule has 5 heteroatoms. The van der Waals surface area contributed by atoms with Crippen LogP contribution in [0, 0.1) is 0 Å². The Kier molecular flexibility index (Phi) is 5.53. The molecule has 1 aliphatic rings. The lowest BCUT2D eigenvalue weighted by molar-refractivity contribution is -0.111. The summed E-state index contributed by atoms with van der Waals surface area (Å²) < 4.78 is 0. The average Bonchev–Trinajstić information content (AvgIpc) is 3.28. The van der Waals surface area contributed by atoms with Gasteiger partial charge in [-0.25, -0.2) is 4.79 Å². The van der Waals surface area contributed by atoms with Crippen LogP contribution in [0.2, 0.25) is 0 Å². The lowest BCUT2D eigenvalue weighted by Gasteiger charge is -2.19. The summed E-state index contributed by atoms with van der Waals surface area (Å²) >= 11 is 0. The molecule has 0 aromatic heterocycles. The zero-order chi connectivity index (χ0) is 21.1. The molecule has 2 N–H and O–H groups in total. The molecule has 152 valence electrons. The molecule has 30 heavy (non-hydrogen) atoms. The number of allylic oxidation sites excluding steroid dienone is 1. The van der Waals surface area contributed by atoms with Crippen molar-refractivity contribution in [2.45, 2.75) is 19.8 Å². The van der Waals surface area contributed by atoms with E-state index in [1.165, 1.54) is 6.08 Å². The van der Waals surface area contributed by atoms with Crippen molar-refractivity contribution in [3.63, 3.8) is 0 Å². The number of nitrogens with one attached hydrogen (secondary N) is 1. The van der Waals surface area contributed by atoms with E-state index >= 15 is 0 Å². The summed E-state index contributed by atoms with van der Waals surface area (Å²) in [6.07, 6.45) is 3.75. The second-order valence-electron chi connectivity index (χ2n) is 7.61. The number of amides is 1. The highest BCUT2D eigenvalue weighted by atomic mass is 16.4. The van der Waals surface area contributed by atoms with Crippen molar-refractivity contribution in [1.29, 1.82) is 0 Å². The average molecular weight is 400 g/mol. The molecular weight excluding hydrogens is 376 g/mol. The zero-order valence-electron chi connectivity index (χ0n) is 16.9. The third kappa shape index (κ3) is 4.20. The topological polar surface area (TPSA) is 69.6 Å². The number of anilines is 2. The van der Waals surface area contributed by atoms with Crippen LogP contribution in [0.4, 0.5) is 11.4 Å². The second kappa shape index (κ2) is 8.41. The Morgan fingerprint density at radius 2 is 1.70 bits per heavy atom. The van der Waals surface area contributed by atoms with E-state index in [0.29, 0.717) is 5.69 Å². The lowest BCUT2D eigenvalue weighted by atomic mass is 10.0. The molecule has 0 spiro atoms. The predicted octanol–water partition coefficient (Wildman–Crippen LogP) is 5.18. The molecule has 0 atom stereocenters. The Balaban J connectivity index is 1.58. The van der Waals surface area contributed by atoms with Gasteiger partial charge in [0.05, 0.1) is 11.3 Å². The fourth-order valence-electron chi connectivity index (χ4n) is 3.88. The molecule has 1 fully saturated rings. The highest BCUT2D eigenvalue weighted by Gasteiger charge is 2.17. The number of benzene rings is 3. The van der Waals surface area contributed by atoms with Crippen LogP contribution in [0.15, 0.2) is 66.7 Å². The number of carboxylic acid groups (broad SMARTS) is 1. The normalized spacial score (nSPS) is 14.2. The SMILES string of the molecule is CC(=CC(=O)Nc1cc(N2CCCC2)ccc1C(=O)O)c1ccc2ccccc2c1. The lowest BCUT2D eigenvalue weighted by Crippen LogP contribution is -2.19. The molecular formula is C25H24N2O3. The van der Waals surface area contributed by atoms with Gasteiger partial charge in [0.15, 0.2) is 0 Å². The number of carbonyl (C=O) groups excluding carboxylic acids is 1. The molecule has 0 radical (unpaired) electrons. The number of nitrogens with zero attached hydrogens (tertiary/aromatic N) is 1. The van der Waals surface area contributed by atoms with Crippen LogP contribution < -0.4 is 10.2 Å². The highest BCUT2D eigenvalue weighted by molar-refractivity contribution is 6.08. The van der Waals surface area contributed by atoms with Gasteiger partial charge >= 0.3 is 5.97 Å². The molecule has 3 aromatic rings. The number of fused-ring (bicyclic) bond motifs is 1. The first-order chi connectivity index (χ1) is 14.5. The van der Waals surface area contributed by atoms with Crippen molar-refractivity contribution in [2.75, 3.05) is 23.3 Å². The molecule has 4 rings (SSSR count). The van der Waals surface area contributed by atoms with Crippen LogP contribution >= 0.6 is 0 Å². The largest absolute Gasteiger partial charge is 0.478 e. The van der Waals surface area contributed by atoms with E-state index in [4.69, 9.17) is 0 Å². The van der Waals surface area contributed by atoms with Gasteiger partial charge in [-0.1, -0.05) is 36.4 Å². The van der Waals surface area contributed by atoms with Crippen LogP contribution in [-0.4, -0.2) is 30.1 Å². The first kappa shape index (κ1) is 19.7. The van der Waals surface area contributed by atoms with Gasteiger partial charge in [0.1, 0.15) is 0 Å². The Morgan fingerprint density at radius 1 is 0.967 bits per heavy atom. The van der Waals surface area contributed by atoms with Gasteiger partial charge in [0.25, 0.3) is 0 Å². The monoisotopic (exact) mass is 400 g/mol. The summed E-state index contributed by atoms with van der Waals surface area (Å²) in [6, 6.07) is 19.2. The fourth-order valence-corrected chi connectivity index (χ4v) is 3.88. The quantitative estimate of drug-likeness (QED) is 0.579. The molecule has 0 bridgehead atoms. The summed E-state index contributed by atoms with van der Waals surface area (Å²) in [5.41, 5.74) is 3.10. The minimum Gasteiger partial charge on any atom is -0.478 e. The van der Waals surface area contributed by atoms with Crippen molar-refractivity contribution in [2.24, 2.45) is 0 Å². The maximum atomic E-state index is 12.7. The van der Waals surface area contributed by atoms with Crippen molar-refractivity contribution >= 4 is 39.6 Å². The number of carboxylic acids is 1. The highest BCUT2D eigenvalue weighted by Crippen LogP contribution is 2.27. The third-order valence-electron chi connectivity index (χ3n) is 5.52. The maximum Gasteiger partial charge on any atom is 0.337 e. The molecule has 1 amide bonds. The zero-order valence-corrected chi connectivity index (χ0v) is 16.9. The Bertz CT molecular complexity index is 1140. The molecule has 1 heterocycles. The van der Waals surface area contributed by atoms with Crippen LogP contribution in [0.3, 0.4) is 0 Å². The van der Waals surface area contributed by atoms with Gasteiger partial charge in [-0.2, -0.15) is 0 Å². The number of aromatic carboxylic acids is 1. The first-order valence-corrected chi connectivity index (χ1v) is 10.1. The Labute approximate surface area is 175 Å². The van der Waals surface area contributed by atoms with Crippen molar-refractivity contribution in [3.05, 3.63) is 77.9 Å². The van der Waals surface area contributed by atoms with Gasteiger partial charge < -0.3 is 15.3 Å². The minimum absolute atomic E-state index is 0.0862. The van der Waals surface area contributed by atoms with Crippen molar-refractivity contribution in [3.8, 4) is 0 Å². The van der Waals surface area contributed by atoms with Crippen molar-refractivity contribution in [1.82, 2.24) is 0 Å². The summed E-state index contributed by atoms with van der Waals surface area (Å²) in [5.74, 6) is -1.41. The minimum atomic E-state index is -1.06. The van der Waals surface area contributed by atoms with Gasteiger partial charge in [-0.15, -0.1) is 0 Å². The Morgan fingerprint density at radius 3 is 2.43 bits per heavy atom. The van der Waals surface area contributed by atoms with Crippen LogP contribution in [0.25, 0.3) is 16.3 Å². The van der Waals surface area contributed by atoms with Gasteiger partial charge in [-0.05, 0) is 65.9 Å². The molecule has 0 saturated carbocycles. The van der Waals surface area contributed by atoms with Crippen LogP contribution in [0.5, 0.6) is 0 Å². The molecule has 3 aromatic carbocycles. The second-order valence-corrected chi connectivity index (χ2v) is 7.61. The Hall–Kier alpha value is -3.60. The van der Waals surface area contributed by atoms with E-state index in [0.717, 1.165) is 53.5 Å². The van der Waals surface area contributed by atoms with E-state index in [1.54, 1.807) is 18.2 Å². The number of hydrogen-bond acceptors (Lipinski definition) is 3. The van der Waals surface area contributed by atoms with E-state index in [1.807, 2.05) is 49.4 Å². The number of carbonyl (C=O) groups is 2.